The lowest BCUT2D eigenvalue weighted by atomic mass is 9.71. The van der Waals surface area contributed by atoms with E-state index < -0.39 is 0 Å². The number of ketones is 1. The maximum absolute atomic E-state index is 11.6. The molecule has 1 unspecified atom stereocenters. The zero-order chi connectivity index (χ0) is 12.8. The molecule has 1 aromatic carbocycles. The van der Waals surface area contributed by atoms with E-state index in [0.717, 1.165) is 16.7 Å². The third-order valence-electron chi connectivity index (χ3n) is 3.79. The minimum absolute atomic E-state index is 0.0399. The summed E-state index contributed by atoms with van der Waals surface area (Å²) in [6.07, 6.45) is 4.22. The third kappa shape index (κ3) is 1.78. The number of rotatable bonds is 1. The number of hydrogen-bond donors (Lipinski definition) is 0. The maximum atomic E-state index is 11.6. The van der Waals surface area contributed by atoms with Crippen molar-refractivity contribution in [3.8, 4) is 0 Å². The van der Waals surface area contributed by atoms with Gasteiger partial charge in [-0.05, 0) is 23.6 Å². The summed E-state index contributed by atoms with van der Waals surface area (Å²) in [5.74, 6) is 1.22. The van der Waals surface area contributed by atoms with Crippen LogP contribution in [0, 0.1) is 5.41 Å². The second-order valence-corrected chi connectivity index (χ2v) is 5.56. The van der Waals surface area contributed by atoms with E-state index in [-0.39, 0.29) is 17.1 Å². The summed E-state index contributed by atoms with van der Waals surface area (Å²) in [6.45, 7) is 4.29. The molecular formula is C16H16O2. The predicted octanol–water partition coefficient (Wildman–Crippen LogP) is 4.07. The highest BCUT2D eigenvalue weighted by Crippen LogP contribution is 2.43. The fourth-order valence-corrected chi connectivity index (χ4v) is 2.60. The Balaban J connectivity index is 2.08. The van der Waals surface area contributed by atoms with Gasteiger partial charge in [0.25, 0.3) is 0 Å². The van der Waals surface area contributed by atoms with Gasteiger partial charge in [-0.3, -0.25) is 4.79 Å². The van der Waals surface area contributed by atoms with E-state index in [0.29, 0.717) is 6.42 Å². The molecular weight excluding hydrogens is 224 g/mol. The normalized spacial score (nSPS) is 22.6. The summed E-state index contributed by atoms with van der Waals surface area (Å²) in [7, 11) is 0. The molecule has 1 aliphatic carbocycles. The van der Waals surface area contributed by atoms with Gasteiger partial charge in [0, 0.05) is 17.7 Å². The zero-order valence-corrected chi connectivity index (χ0v) is 10.6. The van der Waals surface area contributed by atoms with E-state index in [1.807, 2.05) is 30.3 Å². The number of para-hydroxylation sites is 1. The molecule has 0 N–H and O–H groups in total. The quantitative estimate of drug-likeness (QED) is 0.752. The Morgan fingerprint density at radius 3 is 2.83 bits per heavy atom. The first kappa shape index (κ1) is 11.3. The molecule has 0 saturated carbocycles. The molecule has 2 aromatic rings. The fraction of sp³-hybridized carbons (Fsp3) is 0.312. The van der Waals surface area contributed by atoms with Crippen molar-refractivity contribution in [2.24, 2.45) is 5.41 Å². The van der Waals surface area contributed by atoms with Crippen molar-refractivity contribution < 1.29 is 9.21 Å². The molecule has 0 saturated heterocycles. The molecule has 0 fully saturated rings. The molecule has 0 aliphatic heterocycles. The number of hydrogen-bond acceptors (Lipinski definition) is 2. The van der Waals surface area contributed by atoms with E-state index in [2.05, 4.69) is 19.9 Å². The van der Waals surface area contributed by atoms with Crippen LogP contribution in [-0.4, -0.2) is 5.78 Å². The second-order valence-electron chi connectivity index (χ2n) is 5.56. The van der Waals surface area contributed by atoms with Crippen LogP contribution in [0.15, 0.2) is 46.9 Å². The number of fused-ring (bicyclic) bond motifs is 1. The molecule has 1 aromatic heterocycles. The van der Waals surface area contributed by atoms with Crippen LogP contribution >= 0.6 is 0 Å². The molecule has 0 spiro atoms. The topological polar surface area (TPSA) is 30.2 Å². The zero-order valence-electron chi connectivity index (χ0n) is 10.6. The van der Waals surface area contributed by atoms with Gasteiger partial charge < -0.3 is 4.42 Å². The Labute approximate surface area is 106 Å². The van der Waals surface area contributed by atoms with Crippen LogP contribution in [0.4, 0.5) is 0 Å². The summed E-state index contributed by atoms with van der Waals surface area (Å²) in [4.78, 5) is 11.6. The first-order valence-electron chi connectivity index (χ1n) is 6.27. The molecule has 1 atom stereocenters. The van der Waals surface area contributed by atoms with Crippen molar-refractivity contribution in [3.05, 3.63) is 48.2 Å². The number of carbonyl (C=O) groups is 1. The van der Waals surface area contributed by atoms with Gasteiger partial charge in [0.15, 0.2) is 5.78 Å². The Morgan fingerprint density at radius 1 is 1.28 bits per heavy atom. The van der Waals surface area contributed by atoms with Crippen molar-refractivity contribution >= 4 is 16.8 Å². The number of carbonyl (C=O) groups excluding carboxylic acids is 1. The van der Waals surface area contributed by atoms with Gasteiger partial charge in [-0.2, -0.15) is 0 Å². The van der Waals surface area contributed by atoms with Crippen LogP contribution < -0.4 is 0 Å². The van der Waals surface area contributed by atoms with Gasteiger partial charge >= 0.3 is 0 Å². The molecule has 0 bridgehead atoms. The lowest BCUT2D eigenvalue weighted by Gasteiger charge is -2.32. The first-order chi connectivity index (χ1) is 8.56. The number of furan rings is 1. The molecule has 2 heteroatoms. The second kappa shape index (κ2) is 3.84. The van der Waals surface area contributed by atoms with Crippen LogP contribution in [0.25, 0.3) is 11.0 Å². The van der Waals surface area contributed by atoms with Gasteiger partial charge in [0.1, 0.15) is 11.3 Å². The molecule has 0 radical (unpaired) electrons. The van der Waals surface area contributed by atoms with Crippen LogP contribution in [-0.2, 0) is 4.79 Å². The minimum atomic E-state index is -0.0399. The summed E-state index contributed by atoms with van der Waals surface area (Å²) in [5.41, 5.74) is 0.854. The lowest BCUT2D eigenvalue weighted by molar-refractivity contribution is -0.116. The average molecular weight is 240 g/mol. The van der Waals surface area contributed by atoms with E-state index >= 15 is 0 Å². The molecule has 18 heavy (non-hydrogen) atoms. The highest BCUT2D eigenvalue weighted by Gasteiger charge is 2.35. The van der Waals surface area contributed by atoms with Gasteiger partial charge in [0.05, 0.1) is 0 Å². The van der Waals surface area contributed by atoms with Crippen molar-refractivity contribution in [1.29, 1.82) is 0 Å². The molecule has 3 rings (SSSR count). The Morgan fingerprint density at radius 2 is 2.06 bits per heavy atom. The standard InChI is InChI=1S/C16H16O2/c1-16(2)8-7-12(17)10-13(16)15-9-11-5-3-4-6-14(11)18-15/h3-9,13H,10H2,1-2H3. The van der Waals surface area contributed by atoms with Gasteiger partial charge in [-0.15, -0.1) is 0 Å². The largest absolute Gasteiger partial charge is 0.461 e. The predicted molar refractivity (Wildman–Crippen MR) is 71.5 cm³/mol. The van der Waals surface area contributed by atoms with Gasteiger partial charge in [-0.1, -0.05) is 38.1 Å². The first-order valence-corrected chi connectivity index (χ1v) is 6.27. The highest BCUT2D eigenvalue weighted by molar-refractivity contribution is 5.91. The number of benzene rings is 1. The Hall–Kier alpha value is -1.83. The van der Waals surface area contributed by atoms with Crippen LogP contribution in [0.3, 0.4) is 0 Å². The van der Waals surface area contributed by atoms with Crippen molar-refractivity contribution in [2.45, 2.75) is 26.2 Å². The summed E-state index contributed by atoms with van der Waals surface area (Å²) < 4.78 is 5.91. The molecule has 1 aliphatic rings. The van der Waals surface area contributed by atoms with E-state index in [1.165, 1.54) is 0 Å². The van der Waals surface area contributed by atoms with Crippen molar-refractivity contribution in [1.82, 2.24) is 0 Å². The molecule has 2 nitrogen and oxygen atoms in total. The molecule has 1 heterocycles. The monoisotopic (exact) mass is 240 g/mol. The summed E-state index contributed by atoms with van der Waals surface area (Å²) in [5, 5.41) is 1.10. The van der Waals surface area contributed by atoms with E-state index in [4.69, 9.17) is 4.42 Å². The highest BCUT2D eigenvalue weighted by atomic mass is 16.3. The lowest BCUT2D eigenvalue weighted by Crippen LogP contribution is -2.25. The molecule has 0 amide bonds. The Bertz CT molecular complexity index is 598. The summed E-state index contributed by atoms with van der Waals surface area (Å²) in [6, 6.07) is 10.0. The summed E-state index contributed by atoms with van der Waals surface area (Å²) >= 11 is 0. The number of allylic oxidation sites excluding steroid dienone is 2. The van der Waals surface area contributed by atoms with Crippen molar-refractivity contribution in [2.75, 3.05) is 0 Å². The maximum Gasteiger partial charge on any atom is 0.156 e. The smallest absolute Gasteiger partial charge is 0.156 e. The SMILES string of the molecule is CC1(C)C=CC(=O)CC1c1cc2ccccc2o1. The van der Waals surface area contributed by atoms with Gasteiger partial charge in [0.2, 0.25) is 0 Å². The van der Waals surface area contributed by atoms with Crippen LogP contribution in [0.2, 0.25) is 0 Å². The van der Waals surface area contributed by atoms with Gasteiger partial charge in [-0.25, -0.2) is 0 Å². The van der Waals surface area contributed by atoms with Crippen LogP contribution in [0.1, 0.15) is 31.9 Å². The minimum Gasteiger partial charge on any atom is -0.461 e. The fourth-order valence-electron chi connectivity index (χ4n) is 2.60. The van der Waals surface area contributed by atoms with Crippen LogP contribution in [0.5, 0.6) is 0 Å². The van der Waals surface area contributed by atoms with Crippen molar-refractivity contribution in [3.63, 3.8) is 0 Å². The average Bonchev–Trinajstić information content (AvgIpc) is 2.75. The van der Waals surface area contributed by atoms with E-state index in [9.17, 15) is 4.79 Å². The third-order valence-corrected chi connectivity index (χ3v) is 3.79. The Kier molecular flexibility index (Phi) is 2.40. The van der Waals surface area contributed by atoms with E-state index in [1.54, 1.807) is 6.08 Å². The molecule has 92 valence electrons.